The minimum Gasteiger partial charge on any atom is -0.456 e. The zero-order valence-corrected chi connectivity index (χ0v) is 12.1. The van der Waals surface area contributed by atoms with Gasteiger partial charge in [0.25, 0.3) is 0 Å². The summed E-state index contributed by atoms with van der Waals surface area (Å²) in [7, 11) is 0. The second-order valence-electron chi connectivity index (χ2n) is 6.17. The Hall–Kier alpha value is -2.09. The van der Waals surface area contributed by atoms with Gasteiger partial charge in [-0.15, -0.1) is 0 Å². The van der Waals surface area contributed by atoms with Crippen LogP contribution < -0.4 is 0 Å². The predicted octanol–water partition coefficient (Wildman–Crippen LogP) is 4.21. The first-order valence-electron chi connectivity index (χ1n) is 6.89. The Morgan fingerprint density at radius 3 is 2.45 bits per heavy atom. The number of hydrogen-bond acceptors (Lipinski definition) is 2. The van der Waals surface area contributed by atoms with Gasteiger partial charge >= 0.3 is 5.97 Å². The van der Waals surface area contributed by atoms with E-state index >= 15 is 0 Å². The Labute approximate surface area is 119 Å². The summed E-state index contributed by atoms with van der Waals surface area (Å²) >= 11 is 0. The van der Waals surface area contributed by atoms with Gasteiger partial charge in [0.15, 0.2) is 0 Å². The molecule has 0 heterocycles. The molecule has 0 aromatic heterocycles. The van der Waals surface area contributed by atoms with Gasteiger partial charge in [0, 0.05) is 0 Å². The van der Waals surface area contributed by atoms with Crippen LogP contribution in [0, 0.1) is 0 Å². The van der Waals surface area contributed by atoms with Gasteiger partial charge in [-0.3, -0.25) is 0 Å². The molecule has 2 aromatic rings. The third-order valence-electron chi connectivity index (χ3n) is 3.47. The number of esters is 1. The highest BCUT2D eigenvalue weighted by molar-refractivity contribution is 5.95. The smallest absolute Gasteiger partial charge is 0.338 e. The number of benzene rings is 2. The fraction of sp³-hybridized carbons (Fsp3) is 0.278. The predicted molar refractivity (Wildman–Crippen MR) is 79.9 cm³/mol. The maximum absolute atomic E-state index is 12.3. The summed E-state index contributed by atoms with van der Waals surface area (Å²) in [6.07, 6.45) is 0.806. The van der Waals surface area contributed by atoms with Crippen molar-refractivity contribution in [1.82, 2.24) is 0 Å². The number of ether oxygens (including phenoxy) is 1. The summed E-state index contributed by atoms with van der Waals surface area (Å²) in [5.41, 5.74) is 4.97. The van der Waals surface area contributed by atoms with Crippen molar-refractivity contribution in [2.75, 3.05) is 0 Å². The van der Waals surface area contributed by atoms with Crippen molar-refractivity contribution in [2.24, 2.45) is 0 Å². The van der Waals surface area contributed by atoms with Gasteiger partial charge in [-0.2, -0.15) is 0 Å². The van der Waals surface area contributed by atoms with Crippen molar-refractivity contribution in [1.29, 1.82) is 0 Å². The molecule has 0 aliphatic heterocycles. The molecule has 0 amide bonds. The molecule has 20 heavy (non-hydrogen) atoms. The zero-order chi connectivity index (χ0) is 14.3. The summed E-state index contributed by atoms with van der Waals surface area (Å²) in [5.74, 6) is -0.234. The molecule has 102 valence electrons. The van der Waals surface area contributed by atoms with Gasteiger partial charge in [0.05, 0.1) is 5.56 Å². The Kier molecular flexibility index (Phi) is 2.89. The normalized spacial score (nSPS) is 12.8. The van der Waals surface area contributed by atoms with Gasteiger partial charge in [-0.05, 0) is 55.5 Å². The molecule has 2 aromatic carbocycles. The summed E-state index contributed by atoms with van der Waals surface area (Å²) < 4.78 is 5.51. The number of carbonyl (C=O) groups excluding carboxylic acids is 1. The third-order valence-corrected chi connectivity index (χ3v) is 3.47. The van der Waals surface area contributed by atoms with Crippen LogP contribution in [0.25, 0.3) is 11.1 Å². The van der Waals surface area contributed by atoms with Crippen LogP contribution in [0.2, 0.25) is 0 Å². The largest absolute Gasteiger partial charge is 0.456 e. The molecule has 0 saturated heterocycles. The molecule has 2 heteroatoms. The molecular formula is C18H18O2. The van der Waals surface area contributed by atoms with E-state index in [4.69, 9.17) is 4.74 Å². The van der Waals surface area contributed by atoms with Crippen LogP contribution in [0.4, 0.5) is 0 Å². The topological polar surface area (TPSA) is 26.3 Å². The first-order valence-corrected chi connectivity index (χ1v) is 6.89. The van der Waals surface area contributed by atoms with Gasteiger partial charge in [0.2, 0.25) is 0 Å². The standard InChI is InChI=1S/C18H18O2/c1-18(2,3)20-17(19)15-10-6-9-14-13-8-5-4-7-12(13)11-16(14)15/h4-10H,11H2,1-3H3. The summed E-state index contributed by atoms with van der Waals surface area (Å²) in [5, 5.41) is 0. The molecule has 2 nitrogen and oxygen atoms in total. The number of carbonyl (C=O) groups is 1. The van der Waals surface area contributed by atoms with Crippen LogP contribution in [0.3, 0.4) is 0 Å². The van der Waals surface area contributed by atoms with Crippen molar-refractivity contribution in [3.05, 3.63) is 59.2 Å². The molecule has 0 spiro atoms. The first-order chi connectivity index (χ1) is 9.46. The van der Waals surface area contributed by atoms with Crippen molar-refractivity contribution in [2.45, 2.75) is 32.8 Å². The van der Waals surface area contributed by atoms with Crippen LogP contribution in [0.15, 0.2) is 42.5 Å². The number of fused-ring (bicyclic) bond motifs is 3. The Balaban J connectivity index is 2.03. The monoisotopic (exact) mass is 266 g/mol. The van der Waals surface area contributed by atoms with Crippen molar-refractivity contribution < 1.29 is 9.53 Å². The van der Waals surface area contributed by atoms with E-state index in [9.17, 15) is 4.79 Å². The Morgan fingerprint density at radius 2 is 1.70 bits per heavy atom. The highest BCUT2D eigenvalue weighted by Crippen LogP contribution is 2.38. The molecule has 1 aliphatic rings. The molecule has 1 aliphatic carbocycles. The van der Waals surface area contributed by atoms with E-state index < -0.39 is 5.60 Å². The van der Waals surface area contributed by atoms with Gasteiger partial charge < -0.3 is 4.74 Å². The maximum atomic E-state index is 12.3. The van der Waals surface area contributed by atoms with Crippen molar-refractivity contribution in [3.63, 3.8) is 0 Å². The molecule has 0 radical (unpaired) electrons. The SMILES string of the molecule is CC(C)(C)OC(=O)c1cccc2c1Cc1ccccc1-2. The molecule has 0 fully saturated rings. The lowest BCUT2D eigenvalue weighted by atomic mass is 10.0. The van der Waals surface area contributed by atoms with E-state index in [2.05, 4.69) is 18.2 Å². The highest BCUT2D eigenvalue weighted by atomic mass is 16.6. The quantitative estimate of drug-likeness (QED) is 0.617. The molecule has 3 rings (SSSR count). The minimum absolute atomic E-state index is 0.234. The van der Waals surface area contributed by atoms with Crippen LogP contribution in [-0.4, -0.2) is 11.6 Å². The van der Waals surface area contributed by atoms with E-state index in [1.165, 1.54) is 11.1 Å². The van der Waals surface area contributed by atoms with Crippen molar-refractivity contribution in [3.8, 4) is 11.1 Å². The van der Waals surface area contributed by atoms with E-state index in [0.29, 0.717) is 5.56 Å². The summed E-state index contributed by atoms with van der Waals surface area (Å²) in [6, 6.07) is 14.2. The van der Waals surface area contributed by atoms with E-state index in [1.54, 1.807) is 0 Å². The highest BCUT2D eigenvalue weighted by Gasteiger charge is 2.26. The van der Waals surface area contributed by atoms with Gasteiger partial charge in [-0.25, -0.2) is 4.79 Å². The minimum atomic E-state index is -0.467. The first kappa shape index (κ1) is 12.9. The lowest BCUT2D eigenvalue weighted by molar-refractivity contribution is 0.00686. The van der Waals surface area contributed by atoms with Crippen LogP contribution in [-0.2, 0) is 11.2 Å². The average Bonchev–Trinajstić information content (AvgIpc) is 2.75. The lowest BCUT2D eigenvalue weighted by Gasteiger charge is -2.20. The zero-order valence-electron chi connectivity index (χ0n) is 12.1. The Bertz CT molecular complexity index is 678. The van der Waals surface area contributed by atoms with E-state index in [1.807, 2.05) is 45.0 Å². The van der Waals surface area contributed by atoms with E-state index in [0.717, 1.165) is 17.5 Å². The number of hydrogen-bond donors (Lipinski definition) is 0. The molecule has 0 unspecified atom stereocenters. The van der Waals surface area contributed by atoms with Crippen LogP contribution in [0.5, 0.6) is 0 Å². The molecule has 0 bridgehead atoms. The summed E-state index contributed by atoms with van der Waals surface area (Å²) in [6.45, 7) is 5.68. The molecule has 0 saturated carbocycles. The second kappa shape index (κ2) is 4.48. The maximum Gasteiger partial charge on any atom is 0.338 e. The van der Waals surface area contributed by atoms with Crippen molar-refractivity contribution >= 4 is 5.97 Å². The van der Waals surface area contributed by atoms with E-state index in [-0.39, 0.29) is 5.97 Å². The number of rotatable bonds is 1. The summed E-state index contributed by atoms with van der Waals surface area (Å²) in [4.78, 5) is 12.3. The van der Waals surface area contributed by atoms with Gasteiger partial charge in [-0.1, -0.05) is 36.4 Å². The third kappa shape index (κ3) is 2.22. The van der Waals surface area contributed by atoms with Crippen LogP contribution >= 0.6 is 0 Å². The Morgan fingerprint density at radius 1 is 1.00 bits per heavy atom. The second-order valence-corrected chi connectivity index (χ2v) is 6.17. The molecular weight excluding hydrogens is 248 g/mol. The van der Waals surface area contributed by atoms with Crippen LogP contribution in [0.1, 0.15) is 42.3 Å². The fourth-order valence-corrected chi connectivity index (χ4v) is 2.68. The average molecular weight is 266 g/mol. The van der Waals surface area contributed by atoms with Gasteiger partial charge in [0.1, 0.15) is 5.60 Å². The molecule has 0 N–H and O–H groups in total. The molecule has 0 atom stereocenters. The lowest BCUT2D eigenvalue weighted by Crippen LogP contribution is -2.24. The fourth-order valence-electron chi connectivity index (χ4n) is 2.68.